The van der Waals surface area contributed by atoms with Crippen LogP contribution in [-0.2, 0) is 19.2 Å². The molecule has 0 spiro atoms. The maximum absolute atomic E-state index is 13.7. The fraction of sp³-hybridized carbons (Fsp3) is 0.652. The van der Waals surface area contributed by atoms with Gasteiger partial charge < -0.3 is 9.64 Å². The van der Waals surface area contributed by atoms with E-state index >= 15 is 0 Å². The Morgan fingerprint density at radius 1 is 1.14 bits per heavy atom. The van der Waals surface area contributed by atoms with E-state index in [4.69, 9.17) is 9.57 Å². The van der Waals surface area contributed by atoms with E-state index in [-0.39, 0.29) is 11.4 Å². The first-order valence-electron chi connectivity index (χ1n) is 10.4. The molecule has 0 saturated carbocycles. The molecule has 1 aromatic rings. The molecule has 1 heterocycles. The third-order valence-corrected chi connectivity index (χ3v) is 5.83. The van der Waals surface area contributed by atoms with E-state index in [0.29, 0.717) is 24.9 Å². The first kappa shape index (κ1) is 23.4. The number of carbonyl (C=O) groups excluding carboxylic acids is 2. The van der Waals surface area contributed by atoms with Gasteiger partial charge in [0, 0.05) is 12.1 Å². The number of carbonyl (C=O) groups is 2. The van der Waals surface area contributed by atoms with Crippen molar-refractivity contribution in [2.75, 3.05) is 13.7 Å². The minimum absolute atomic E-state index is 0.0333. The molecule has 0 aromatic heterocycles. The van der Waals surface area contributed by atoms with Crippen molar-refractivity contribution in [3.05, 3.63) is 35.9 Å². The lowest BCUT2D eigenvalue weighted by molar-refractivity contribution is -0.312. The van der Waals surface area contributed by atoms with E-state index < -0.39 is 23.2 Å². The van der Waals surface area contributed by atoms with Crippen molar-refractivity contribution in [3.63, 3.8) is 0 Å². The number of piperazine rings is 1. The third-order valence-electron chi connectivity index (χ3n) is 5.83. The summed E-state index contributed by atoms with van der Waals surface area (Å²) < 4.78 is 5.03. The van der Waals surface area contributed by atoms with Crippen LogP contribution in [0.15, 0.2) is 30.3 Å². The van der Waals surface area contributed by atoms with Gasteiger partial charge in [-0.3, -0.25) is 9.63 Å². The molecule has 1 aliphatic rings. The number of amides is 1. The molecule has 0 radical (unpaired) electrons. The number of ether oxygens (including phenoxy) is 1. The first-order valence-corrected chi connectivity index (χ1v) is 10.4. The van der Waals surface area contributed by atoms with Crippen molar-refractivity contribution >= 4 is 11.9 Å². The van der Waals surface area contributed by atoms with Crippen molar-refractivity contribution in [2.24, 2.45) is 0 Å². The maximum atomic E-state index is 13.7. The number of hydrogen-bond acceptors (Lipinski definition) is 5. The molecular formula is C23H36N2O4. The van der Waals surface area contributed by atoms with Crippen molar-refractivity contribution in [2.45, 2.75) is 84.0 Å². The zero-order valence-corrected chi connectivity index (χ0v) is 19.1. The van der Waals surface area contributed by atoms with Gasteiger partial charge in [0.1, 0.15) is 5.54 Å². The second-order valence-electron chi connectivity index (χ2n) is 9.33. The number of nitrogens with zero attached hydrogens (tertiary/aromatic N) is 2. The Bertz CT molecular complexity index is 720. The summed E-state index contributed by atoms with van der Waals surface area (Å²) in [6, 6.07) is 9.27. The molecule has 6 nitrogen and oxygen atoms in total. The fourth-order valence-electron chi connectivity index (χ4n) is 4.15. The van der Waals surface area contributed by atoms with Crippen LogP contribution >= 0.6 is 0 Å². The Hall–Kier alpha value is -1.92. The Morgan fingerprint density at radius 3 is 2.14 bits per heavy atom. The summed E-state index contributed by atoms with van der Waals surface area (Å²) in [6.45, 7) is 14.7. The van der Waals surface area contributed by atoms with Crippen LogP contribution < -0.4 is 0 Å². The standard InChI is InChI=1S/C23H36N2O4/c1-9-23(10-2)20(27)24(21(3,4)5)16-22(6,7)25(23)29-18(19(26)28-8)17-14-12-11-13-15-17/h11-15,18H,9-10,16H2,1-8H3. The van der Waals surface area contributed by atoms with Crippen molar-refractivity contribution in [1.29, 1.82) is 0 Å². The van der Waals surface area contributed by atoms with Crippen molar-refractivity contribution < 1.29 is 19.2 Å². The highest BCUT2D eigenvalue weighted by Crippen LogP contribution is 2.42. The Balaban J connectivity index is 2.55. The van der Waals surface area contributed by atoms with Gasteiger partial charge in [0.05, 0.1) is 12.6 Å². The smallest absolute Gasteiger partial charge is 0.341 e. The molecule has 0 N–H and O–H groups in total. The van der Waals surface area contributed by atoms with Gasteiger partial charge in [-0.15, -0.1) is 0 Å². The van der Waals surface area contributed by atoms with Gasteiger partial charge in [0.25, 0.3) is 0 Å². The van der Waals surface area contributed by atoms with Gasteiger partial charge >= 0.3 is 5.97 Å². The van der Waals surface area contributed by atoms with Gasteiger partial charge in [-0.1, -0.05) is 44.2 Å². The van der Waals surface area contributed by atoms with Crippen LogP contribution in [0.1, 0.15) is 73.0 Å². The molecule has 1 aromatic carbocycles. The minimum atomic E-state index is -0.938. The number of esters is 1. The topological polar surface area (TPSA) is 59.1 Å². The summed E-state index contributed by atoms with van der Waals surface area (Å²) >= 11 is 0. The van der Waals surface area contributed by atoms with Crippen molar-refractivity contribution in [3.8, 4) is 0 Å². The monoisotopic (exact) mass is 404 g/mol. The summed E-state index contributed by atoms with van der Waals surface area (Å²) in [5.74, 6) is -0.454. The lowest BCUT2D eigenvalue weighted by Gasteiger charge is -2.59. The highest BCUT2D eigenvalue weighted by atomic mass is 16.7. The second kappa shape index (κ2) is 8.44. The zero-order valence-electron chi connectivity index (χ0n) is 19.1. The van der Waals surface area contributed by atoms with Gasteiger partial charge in [-0.2, -0.15) is 5.06 Å². The molecule has 1 saturated heterocycles. The number of methoxy groups -OCH3 is 1. The summed E-state index contributed by atoms with van der Waals surface area (Å²) in [5, 5.41) is 1.78. The molecule has 0 aliphatic carbocycles. The fourth-order valence-corrected chi connectivity index (χ4v) is 4.15. The van der Waals surface area contributed by atoms with Crippen LogP contribution in [0.2, 0.25) is 0 Å². The first-order chi connectivity index (χ1) is 13.4. The quantitative estimate of drug-likeness (QED) is 0.668. The lowest BCUT2D eigenvalue weighted by atomic mass is 9.80. The number of hydrogen-bond donors (Lipinski definition) is 0. The third kappa shape index (κ3) is 4.33. The molecule has 6 heteroatoms. The second-order valence-corrected chi connectivity index (χ2v) is 9.33. The van der Waals surface area contributed by atoms with Crippen LogP contribution in [0, 0.1) is 0 Å². The SMILES string of the molecule is CCC1(CC)C(=O)N(C(C)(C)C)CC(C)(C)N1OC(C(=O)OC)c1ccccc1. The molecular weight excluding hydrogens is 368 g/mol. The molecule has 1 aliphatic heterocycles. The number of hydroxylamine groups is 2. The molecule has 1 unspecified atom stereocenters. The molecule has 162 valence electrons. The van der Waals surface area contributed by atoms with Gasteiger partial charge in [-0.05, 0) is 53.0 Å². The van der Waals surface area contributed by atoms with Gasteiger partial charge in [0.15, 0.2) is 0 Å². The summed E-state index contributed by atoms with van der Waals surface area (Å²) in [5.41, 5.74) is -0.983. The number of benzene rings is 1. The lowest BCUT2D eigenvalue weighted by Crippen LogP contribution is -2.75. The van der Waals surface area contributed by atoms with E-state index in [1.165, 1.54) is 7.11 Å². The number of rotatable bonds is 6. The Morgan fingerprint density at radius 2 is 1.69 bits per heavy atom. The normalized spacial score (nSPS) is 20.4. The van der Waals surface area contributed by atoms with E-state index in [1.54, 1.807) is 5.06 Å². The molecule has 1 amide bonds. The summed E-state index contributed by atoms with van der Waals surface area (Å²) in [4.78, 5) is 34.6. The highest BCUT2D eigenvalue weighted by Gasteiger charge is 2.58. The van der Waals surface area contributed by atoms with Crippen LogP contribution in [0.25, 0.3) is 0 Å². The summed E-state index contributed by atoms with van der Waals surface area (Å²) in [7, 11) is 1.35. The van der Waals surface area contributed by atoms with E-state index in [1.807, 2.05) is 49.1 Å². The minimum Gasteiger partial charge on any atom is -0.467 e. The van der Waals surface area contributed by atoms with Crippen molar-refractivity contribution in [1.82, 2.24) is 9.96 Å². The predicted octanol–water partition coefficient (Wildman–Crippen LogP) is 4.11. The molecule has 29 heavy (non-hydrogen) atoms. The molecule has 2 rings (SSSR count). The predicted molar refractivity (Wildman–Crippen MR) is 113 cm³/mol. The highest BCUT2D eigenvalue weighted by molar-refractivity contribution is 5.88. The zero-order chi connectivity index (χ0) is 22.0. The largest absolute Gasteiger partial charge is 0.467 e. The van der Waals surface area contributed by atoms with Gasteiger partial charge in [-0.25, -0.2) is 4.79 Å². The van der Waals surface area contributed by atoms with Crippen LogP contribution in [0.3, 0.4) is 0 Å². The van der Waals surface area contributed by atoms with E-state index in [0.717, 1.165) is 0 Å². The van der Waals surface area contributed by atoms with Gasteiger partial charge in [0.2, 0.25) is 12.0 Å². The average molecular weight is 405 g/mol. The van der Waals surface area contributed by atoms with Crippen LogP contribution in [0.4, 0.5) is 0 Å². The summed E-state index contributed by atoms with van der Waals surface area (Å²) in [6.07, 6.45) is 0.203. The Labute approximate surface area is 175 Å². The Kier molecular flexibility index (Phi) is 6.80. The average Bonchev–Trinajstić information content (AvgIpc) is 2.67. The van der Waals surface area contributed by atoms with E-state index in [2.05, 4.69) is 34.6 Å². The molecule has 0 bridgehead atoms. The van der Waals surface area contributed by atoms with Crippen LogP contribution in [0.5, 0.6) is 0 Å². The van der Waals surface area contributed by atoms with Crippen LogP contribution in [-0.4, -0.2) is 52.1 Å². The molecule has 1 fully saturated rings. The van der Waals surface area contributed by atoms with E-state index in [9.17, 15) is 9.59 Å². The molecule has 1 atom stereocenters. The maximum Gasteiger partial charge on any atom is 0.341 e.